The zero-order valence-electron chi connectivity index (χ0n) is 10.0. The summed E-state index contributed by atoms with van der Waals surface area (Å²) in [4.78, 5) is 24.9. The number of aryl methyl sites for hydroxylation is 1. The van der Waals surface area contributed by atoms with Crippen molar-refractivity contribution in [2.75, 3.05) is 18.1 Å². The van der Waals surface area contributed by atoms with Crippen molar-refractivity contribution >= 4 is 17.5 Å². The topological polar surface area (TPSA) is 69.6 Å². The number of hydrogen-bond acceptors (Lipinski definition) is 4. The van der Waals surface area contributed by atoms with Crippen molar-refractivity contribution < 1.29 is 14.7 Å². The average Bonchev–Trinajstić information content (AvgIpc) is 2.63. The molecule has 0 saturated carbocycles. The number of imide groups is 1. The molecule has 0 saturated heterocycles. The van der Waals surface area contributed by atoms with Gasteiger partial charge in [0.2, 0.25) is 0 Å². The quantitative estimate of drug-likeness (QED) is 0.751. The van der Waals surface area contributed by atoms with E-state index in [1.165, 1.54) is 6.08 Å². The third-order valence-corrected chi connectivity index (χ3v) is 2.64. The lowest BCUT2D eigenvalue weighted by Gasteiger charge is -2.15. The molecule has 1 aliphatic rings. The summed E-state index contributed by atoms with van der Waals surface area (Å²) in [6.45, 7) is 2.08. The van der Waals surface area contributed by atoms with Crippen LogP contribution in [0.1, 0.15) is 5.56 Å². The van der Waals surface area contributed by atoms with Gasteiger partial charge in [0.1, 0.15) is 5.70 Å². The Morgan fingerprint density at radius 2 is 1.89 bits per heavy atom. The molecule has 94 valence electrons. The molecule has 0 aliphatic carbocycles. The molecule has 1 heterocycles. The second-order valence-corrected chi connectivity index (χ2v) is 4.02. The molecule has 1 aromatic rings. The van der Waals surface area contributed by atoms with Crippen LogP contribution in [0.4, 0.5) is 5.69 Å². The summed E-state index contributed by atoms with van der Waals surface area (Å²) in [5, 5.41) is 11.4. The number of aliphatic hydroxyl groups is 1. The largest absolute Gasteiger partial charge is 0.395 e. The van der Waals surface area contributed by atoms with E-state index in [0.717, 1.165) is 10.5 Å². The van der Waals surface area contributed by atoms with Gasteiger partial charge < -0.3 is 10.4 Å². The van der Waals surface area contributed by atoms with Gasteiger partial charge in [-0.2, -0.15) is 0 Å². The maximum absolute atomic E-state index is 12.0. The van der Waals surface area contributed by atoms with Gasteiger partial charge in [-0.3, -0.25) is 9.59 Å². The summed E-state index contributed by atoms with van der Waals surface area (Å²) in [6.07, 6.45) is 1.25. The van der Waals surface area contributed by atoms with Crippen LogP contribution < -0.4 is 10.2 Å². The molecule has 0 fully saturated rings. The highest BCUT2D eigenvalue weighted by Crippen LogP contribution is 2.21. The Morgan fingerprint density at radius 3 is 2.50 bits per heavy atom. The van der Waals surface area contributed by atoms with Gasteiger partial charge in [0.15, 0.2) is 0 Å². The first-order valence-electron chi connectivity index (χ1n) is 5.65. The molecule has 1 aliphatic heterocycles. The molecule has 2 rings (SSSR count). The van der Waals surface area contributed by atoms with Crippen LogP contribution in [-0.2, 0) is 9.59 Å². The van der Waals surface area contributed by atoms with Gasteiger partial charge in [0.05, 0.1) is 12.3 Å². The van der Waals surface area contributed by atoms with Crippen molar-refractivity contribution in [1.29, 1.82) is 0 Å². The molecule has 0 atom stereocenters. The van der Waals surface area contributed by atoms with Crippen molar-refractivity contribution in [1.82, 2.24) is 5.32 Å². The average molecular weight is 246 g/mol. The normalized spacial score (nSPS) is 15.0. The van der Waals surface area contributed by atoms with E-state index in [0.29, 0.717) is 5.69 Å². The van der Waals surface area contributed by atoms with E-state index < -0.39 is 5.91 Å². The Hall–Kier alpha value is -2.14. The lowest BCUT2D eigenvalue weighted by Crippen LogP contribution is -2.34. The molecule has 18 heavy (non-hydrogen) atoms. The third kappa shape index (κ3) is 2.26. The van der Waals surface area contributed by atoms with Gasteiger partial charge in [-0.05, 0) is 19.1 Å². The summed E-state index contributed by atoms with van der Waals surface area (Å²) in [7, 11) is 0. The maximum Gasteiger partial charge on any atom is 0.281 e. The van der Waals surface area contributed by atoms with Gasteiger partial charge in [0.25, 0.3) is 11.8 Å². The minimum absolute atomic E-state index is 0.0939. The molecule has 0 unspecified atom stereocenters. The Labute approximate surface area is 105 Å². The number of anilines is 1. The molecule has 0 spiro atoms. The highest BCUT2D eigenvalue weighted by atomic mass is 16.3. The lowest BCUT2D eigenvalue weighted by atomic mass is 10.2. The minimum Gasteiger partial charge on any atom is -0.395 e. The number of rotatable bonds is 4. The molecule has 5 nitrogen and oxygen atoms in total. The first-order valence-corrected chi connectivity index (χ1v) is 5.65. The second kappa shape index (κ2) is 5.01. The van der Waals surface area contributed by atoms with Crippen LogP contribution in [0.15, 0.2) is 36.0 Å². The summed E-state index contributed by atoms with van der Waals surface area (Å²) in [5.74, 6) is -0.762. The van der Waals surface area contributed by atoms with Crippen molar-refractivity contribution in [3.8, 4) is 0 Å². The highest BCUT2D eigenvalue weighted by molar-refractivity contribution is 6.30. The standard InChI is InChI=1S/C13H14N2O3/c1-9-2-4-10(5-3-9)15-12(17)8-11(13(15)18)14-6-7-16/h2-5,8,14,16H,6-7H2,1H3. The van der Waals surface area contributed by atoms with Gasteiger partial charge in [-0.25, -0.2) is 4.90 Å². The number of nitrogens with one attached hydrogen (secondary N) is 1. The first kappa shape index (κ1) is 12.3. The van der Waals surface area contributed by atoms with Crippen molar-refractivity contribution in [3.05, 3.63) is 41.6 Å². The number of hydrogen-bond donors (Lipinski definition) is 2. The fraction of sp³-hybridized carbons (Fsp3) is 0.231. The molecular weight excluding hydrogens is 232 g/mol. The van der Waals surface area contributed by atoms with Crippen LogP contribution in [0.2, 0.25) is 0 Å². The summed E-state index contributed by atoms with van der Waals surface area (Å²) in [6, 6.07) is 7.14. The molecule has 0 bridgehead atoms. The molecule has 5 heteroatoms. The lowest BCUT2D eigenvalue weighted by molar-refractivity contribution is -0.120. The van der Waals surface area contributed by atoms with Gasteiger partial charge in [-0.1, -0.05) is 17.7 Å². The van der Waals surface area contributed by atoms with Gasteiger partial charge >= 0.3 is 0 Å². The van der Waals surface area contributed by atoms with Crippen LogP contribution >= 0.6 is 0 Å². The third-order valence-electron chi connectivity index (χ3n) is 2.64. The Bertz CT molecular complexity index is 505. The van der Waals surface area contributed by atoms with E-state index in [1.54, 1.807) is 12.1 Å². The number of aliphatic hydroxyl groups excluding tert-OH is 1. The smallest absolute Gasteiger partial charge is 0.281 e. The monoisotopic (exact) mass is 246 g/mol. The van der Waals surface area contributed by atoms with Crippen LogP contribution in [0.3, 0.4) is 0 Å². The van der Waals surface area contributed by atoms with Crippen molar-refractivity contribution in [3.63, 3.8) is 0 Å². The summed E-state index contributed by atoms with van der Waals surface area (Å²) in [5.41, 5.74) is 1.83. The van der Waals surface area contributed by atoms with Gasteiger partial charge in [-0.15, -0.1) is 0 Å². The number of carbonyl (C=O) groups is 2. The number of carbonyl (C=O) groups excluding carboxylic acids is 2. The van der Waals surface area contributed by atoms with E-state index >= 15 is 0 Å². The summed E-state index contributed by atoms with van der Waals surface area (Å²) < 4.78 is 0. The second-order valence-electron chi connectivity index (χ2n) is 4.02. The maximum atomic E-state index is 12.0. The van der Waals surface area contributed by atoms with Crippen LogP contribution in [-0.4, -0.2) is 30.1 Å². The first-order chi connectivity index (χ1) is 8.63. The molecule has 0 aromatic heterocycles. The zero-order valence-corrected chi connectivity index (χ0v) is 10.0. The fourth-order valence-corrected chi connectivity index (χ4v) is 1.73. The van der Waals surface area contributed by atoms with E-state index in [2.05, 4.69) is 5.32 Å². The van der Waals surface area contributed by atoms with Crippen LogP contribution in [0.25, 0.3) is 0 Å². The van der Waals surface area contributed by atoms with Crippen molar-refractivity contribution in [2.24, 2.45) is 0 Å². The van der Waals surface area contributed by atoms with Crippen LogP contribution in [0.5, 0.6) is 0 Å². The zero-order chi connectivity index (χ0) is 13.1. The molecule has 1 aromatic carbocycles. The fourth-order valence-electron chi connectivity index (χ4n) is 1.73. The SMILES string of the molecule is Cc1ccc(N2C(=O)C=C(NCCO)C2=O)cc1. The number of nitrogens with zero attached hydrogens (tertiary/aromatic N) is 1. The van der Waals surface area contributed by atoms with Crippen molar-refractivity contribution in [2.45, 2.75) is 6.92 Å². The molecule has 0 radical (unpaired) electrons. The molecule has 2 N–H and O–H groups in total. The minimum atomic E-state index is -0.391. The molecule has 2 amide bonds. The van der Waals surface area contributed by atoms with Gasteiger partial charge in [0, 0.05) is 12.6 Å². The van der Waals surface area contributed by atoms with Crippen LogP contribution in [0, 0.1) is 6.92 Å². The van der Waals surface area contributed by atoms with E-state index in [9.17, 15) is 9.59 Å². The summed E-state index contributed by atoms with van der Waals surface area (Å²) >= 11 is 0. The molecular formula is C13H14N2O3. The Balaban J connectivity index is 2.20. The predicted octanol–water partition coefficient (Wildman–Crippen LogP) is 0.334. The Kier molecular flexibility index (Phi) is 3.43. The highest BCUT2D eigenvalue weighted by Gasteiger charge is 2.31. The number of benzene rings is 1. The van der Waals surface area contributed by atoms with E-state index in [1.807, 2.05) is 19.1 Å². The Morgan fingerprint density at radius 1 is 1.22 bits per heavy atom. The predicted molar refractivity (Wildman–Crippen MR) is 66.8 cm³/mol. The van der Waals surface area contributed by atoms with E-state index in [-0.39, 0.29) is 24.8 Å². The van der Waals surface area contributed by atoms with E-state index in [4.69, 9.17) is 5.11 Å². The number of amides is 2.